The summed E-state index contributed by atoms with van der Waals surface area (Å²) in [6.45, 7) is 5.24. The molecule has 1 unspecified atom stereocenters. The van der Waals surface area contributed by atoms with Crippen molar-refractivity contribution in [2.24, 2.45) is 0 Å². The summed E-state index contributed by atoms with van der Waals surface area (Å²) in [7, 11) is 0.861. The van der Waals surface area contributed by atoms with Crippen LogP contribution < -0.4 is 10.6 Å². The van der Waals surface area contributed by atoms with E-state index in [9.17, 15) is 0 Å². The largest absolute Gasteiger partial charge is 0.255 e. The highest BCUT2D eigenvalue weighted by molar-refractivity contribution is 7.35. The molecule has 1 atom stereocenters. The van der Waals surface area contributed by atoms with Crippen molar-refractivity contribution >= 4 is 8.73 Å². The summed E-state index contributed by atoms with van der Waals surface area (Å²) in [4.78, 5) is 0. The third-order valence-electron chi connectivity index (χ3n) is 0.530. The van der Waals surface area contributed by atoms with E-state index < -0.39 is 0 Å². The van der Waals surface area contributed by atoms with Crippen molar-refractivity contribution in [2.75, 3.05) is 12.7 Å². The molecule has 2 N–H and O–H groups in total. The quantitative estimate of drug-likeness (QED) is 0.324. The Morgan fingerprint density at radius 3 is 2.57 bits per heavy atom. The molecular formula is C4H13N2P. The van der Waals surface area contributed by atoms with Crippen LogP contribution in [0.2, 0.25) is 0 Å². The summed E-state index contributed by atoms with van der Waals surface area (Å²) in [6.07, 6.45) is 1.22. The van der Waals surface area contributed by atoms with Gasteiger partial charge in [-0.2, -0.15) is 0 Å². The van der Waals surface area contributed by atoms with Crippen LogP contribution in [0.1, 0.15) is 13.8 Å². The Morgan fingerprint density at radius 1 is 1.43 bits per heavy atom. The normalized spacial score (nSPS) is 11.1. The monoisotopic (exact) mass is 120 g/mol. The summed E-state index contributed by atoms with van der Waals surface area (Å²) >= 11 is 0. The minimum Gasteiger partial charge on any atom is -0.255 e. The first-order chi connectivity index (χ1) is 3.41. The molecule has 0 spiro atoms. The zero-order chi connectivity index (χ0) is 5.54. The minimum atomic E-state index is 0.861. The fourth-order valence-electron chi connectivity index (χ4n) is 0.239. The van der Waals surface area contributed by atoms with Gasteiger partial charge in [0.2, 0.25) is 0 Å². The smallest absolute Gasteiger partial charge is 0.00743 e. The van der Waals surface area contributed by atoms with Gasteiger partial charge >= 0.3 is 0 Å². The van der Waals surface area contributed by atoms with E-state index in [2.05, 4.69) is 24.5 Å². The number of nitrogens with one attached hydrogen (secondary N) is 2. The maximum Gasteiger partial charge on any atom is 0.00743 e. The summed E-state index contributed by atoms with van der Waals surface area (Å²) in [6, 6.07) is 0. The van der Waals surface area contributed by atoms with Crippen molar-refractivity contribution in [3.8, 4) is 0 Å². The highest BCUT2D eigenvalue weighted by Gasteiger charge is 1.73. The van der Waals surface area contributed by atoms with E-state index in [1.807, 2.05) is 0 Å². The fourth-order valence-corrected chi connectivity index (χ4v) is 0.718. The van der Waals surface area contributed by atoms with Crippen molar-refractivity contribution in [1.82, 2.24) is 10.6 Å². The van der Waals surface area contributed by atoms with Gasteiger partial charge in [0.15, 0.2) is 0 Å². The van der Waals surface area contributed by atoms with Crippen LogP contribution in [0.3, 0.4) is 0 Å². The minimum absolute atomic E-state index is 0.861. The molecule has 0 rings (SSSR count). The first-order valence-electron chi connectivity index (χ1n) is 2.62. The van der Waals surface area contributed by atoms with Gasteiger partial charge in [0.25, 0.3) is 0 Å². The second-order valence-electron chi connectivity index (χ2n) is 1.19. The molecule has 0 bridgehead atoms. The Kier molecular flexibility index (Phi) is 6.67. The van der Waals surface area contributed by atoms with Crippen LogP contribution in [0.4, 0.5) is 0 Å². The second-order valence-corrected chi connectivity index (χ2v) is 2.50. The SMILES string of the molecule is CCNNPCC. The van der Waals surface area contributed by atoms with Gasteiger partial charge in [0.1, 0.15) is 0 Å². The van der Waals surface area contributed by atoms with Crippen molar-refractivity contribution in [3.05, 3.63) is 0 Å². The standard InChI is InChI=1S/C4H13N2P/c1-3-5-6-7-4-2/h5-7H,3-4H2,1-2H3. The Hall–Kier alpha value is 0.350. The molecule has 7 heavy (non-hydrogen) atoms. The molecule has 0 heterocycles. The number of hydrazine groups is 1. The number of rotatable bonds is 4. The van der Waals surface area contributed by atoms with E-state index in [-0.39, 0.29) is 0 Å². The highest BCUT2D eigenvalue weighted by atomic mass is 31.1. The van der Waals surface area contributed by atoms with E-state index in [1.54, 1.807) is 0 Å². The molecule has 0 amide bonds. The molecule has 0 aliphatic rings. The van der Waals surface area contributed by atoms with Crippen LogP contribution in [0.15, 0.2) is 0 Å². The summed E-state index contributed by atoms with van der Waals surface area (Å²) in [5.74, 6) is 0. The number of hydrogen-bond acceptors (Lipinski definition) is 2. The molecular weight excluding hydrogens is 107 g/mol. The molecule has 44 valence electrons. The van der Waals surface area contributed by atoms with E-state index in [1.165, 1.54) is 6.16 Å². The Morgan fingerprint density at radius 2 is 2.14 bits per heavy atom. The maximum absolute atomic E-state index is 3.06. The summed E-state index contributed by atoms with van der Waals surface area (Å²) in [5.41, 5.74) is 3.01. The molecule has 0 aliphatic heterocycles. The van der Waals surface area contributed by atoms with Gasteiger partial charge in [-0.3, -0.25) is 5.43 Å². The van der Waals surface area contributed by atoms with Crippen molar-refractivity contribution in [1.29, 1.82) is 0 Å². The zero-order valence-corrected chi connectivity index (χ0v) is 5.91. The van der Waals surface area contributed by atoms with Gasteiger partial charge in [0.05, 0.1) is 0 Å². The Balaban J connectivity index is 2.45. The van der Waals surface area contributed by atoms with Crippen LogP contribution in [0, 0.1) is 0 Å². The van der Waals surface area contributed by atoms with Gasteiger partial charge in [-0.15, -0.1) is 0 Å². The molecule has 0 aromatic carbocycles. The predicted octanol–water partition coefficient (Wildman–Crippen LogP) is 0.714. The van der Waals surface area contributed by atoms with Crippen LogP contribution in [0.25, 0.3) is 0 Å². The van der Waals surface area contributed by atoms with Crippen molar-refractivity contribution in [3.63, 3.8) is 0 Å². The topological polar surface area (TPSA) is 24.1 Å². The van der Waals surface area contributed by atoms with Crippen LogP contribution in [-0.4, -0.2) is 12.7 Å². The van der Waals surface area contributed by atoms with Crippen LogP contribution in [0.5, 0.6) is 0 Å². The molecule has 3 heteroatoms. The Bertz CT molecular complexity index is 28.9. The average molecular weight is 120 g/mol. The summed E-state index contributed by atoms with van der Waals surface area (Å²) in [5, 5.41) is 3.06. The number of hydrogen-bond donors (Lipinski definition) is 2. The predicted molar refractivity (Wildman–Crippen MR) is 35.7 cm³/mol. The van der Waals surface area contributed by atoms with Gasteiger partial charge in [-0.05, 0) is 14.9 Å². The van der Waals surface area contributed by atoms with Crippen molar-refractivity contribution < 1.29 is 0 Å². The molecule has 0 radical (unpaired) electrons. The highest BCUT2D eigenvalue weighted by Crippen LogP contribution is 1.95. The van der Waals surface area contributed by atoms with Gasteiger partial charge in [-0.25, -0.2) is 5.20 Å². The first kappa shape index (κ1) is 7.35. The lowest BCUT2D eigenvalue weighted by Crippen LogP contribution is -2.23. The summed E-state index contributed by atoms with van der Waals surface area (Å²) < 4.78 is 0. The maximum atomic E-state index is 3.06. The fraction of sp³-hybridized carbons (Fsp3) is 1.00. The lowest BCUT2D eigenvalue weighted by molar-refractivity contribution is 0.715. The molecule has 2 nitrogen and oxygen atoms in total. The van der Waals surface area contributed by atoms with E-state index in [0.29, 0.717) is 0 Å². The first-order valence-corrected chi connectivity index (χ1v) is 3.83. The lowest BCUT2D eigenvalue weighted by Gasteiger charge is -1.98. The zero-order valence-electron chi connectivity index (χ0n) is 4.91. The van der Waals surface area contributed by atoms with E-state index in [0.717, 1.165) is 15.3 Å². The molecule has 0 fully saturated rings. The average Bonchev–Trinajstić information content (AvgIpc) is 1.69. The lowest BCUT2D eigenvalue weighted by atomic mass is 10.8. The Labute approximate surface area is 46.9 Å². The molecule has 0 saturated heterocycles. The van der Waals surface area contributed by atoms with Crippen LogP contribution in [-0.2, 0) is 0 Å². The van der Waals surface area contributed by atoms with Crippen molar-refractivity contribution in [2.45, 2.75) is 13.8 Å². The second kappa shape index (κ2) is 6.35. The van der Waals surface area contributed by atoms with Gasteiger partial charge in [-0.1, -0.05) is 13.8 Å². The molecule has 0 saturated carbocycles. The molecule has 0 aromatic heterocycles. The molecule has 0 aromatic rings. The van der Waals surface area contributed by atoms with E-state index in [4.69, 9.17) is 0 Å². The van der Waals surface area contributed by atoms with Gasteiger partial charge < -0.3 is 0 Å². The third-order valence-corrected chi connectivity index (χ3v) is 1.24. The third kappa shape index (κ3) is 6.35. The molecule has 0 aliphatic carbocycles. The van der Waals surface area contributed by atoms with Crippen LogP contribution >= 0.6 is 8.73 Å². The van der Waals surface area contributed by atoms with E-state index >= 15 is 0 Å². The van der Waals surface area contributed by atoms with Gasteiger partial charge in [0, 0.05) is 6.54 Å².